The van der Waals surface area contributed by atoms with E-state index in [4.69, 9.17) is 9.40 Å². The zero-order valence-electron chi connectivity index (χ0n) is 14.3. The second-order valence-corrected chi connectivity index (χ2v) is 6.26. The highest BCUT2D eigenvalue weighted by atomic mass is 16.3. The highest BCUT2D eigenvalue weighted by Gasteiger charge is 2.13. The van der Waals surface area contributed by atoms with Gasteiger partial charge in [0.05, 0.1) is 23.3 Å². The molecule has 0 bridgehead atoms. The summed E-state index contributed by atoms with van der Waals surface area (Å²) in [4.78, 5) is 13.7. The molecule has 26 heavy (non-hydrogen) atoms. The Morgan fingerprint density at radius 2 is 1.81 bits per heavy atom. The van der Waals surface area contributed by atoms with Crippen LogP contribution in [0.1, 0.15) is 11.5 Å². The van der Waals surface area contributed by atoms with Crippen LogP contribution in [0.2, 0.25) is 0 Å². The summed E-state index contributed by atoms with van der Waals surface area (Å²) in [6.07, 6.45) is 1.81. The molecule has 5 heteroatoms. The molecule has 0 atom stereocenters. The van der Waals surface area contributed by atoms with Gasteiger partial charge in [-0.2, -0.15) is 0 Å². The number of aryl methyl sites for hydroxylation is 1. The summed E-state index contributed by atoms with van der Waals surface area (Å²) >= 11 is 0. The molecule has 0 unspecified atom stereocenters. The van der Waals surface area contributed by atoms with Crippen molar-refractivity contribution in [3.8, 4) is 11.5 Å². The molecule has 0 N–H and O–H groups in total. The normalized spacial score (nSPS) is 11.4. The van der Waals surface area contributed by atoms with Crippen molar-refractivity contribution in [2.24, 2.45) is 0 Å². The van der Waals surface area contributed by atoms with E-state index in [-0.39, 0.29) is 0 Å². The number of oxazole rings is 1. The summed E-state index contributed by atoms with van der Waals surface area (Å²) in [5.41, 5.74) is 5.60. The summed E-state index contributed by atoms with van der Waals surface area (Å²) < 4.78 is 8.05. The van der Waals surface area contributed by atoms with Crippen LogP contribution in [0.15, 0.2) is 71.3 Å². The summed E-state index contributed by atoms with van der Waals surface area (Å²) in [6.45, 7) is 2.72. The molecule has 0 saturated carbocycles. The van der Waals surface area contributed by atoms with Gasteiger partial charge >= 0.3 is 0 Å². The Hall–Kier alpha value is -3.47. The molecule has 3 aromatic heterocycles. The minimum atomic E-state index is 0.616. The molecule has 3 heterocycles. The van der Waals surface area contributed by atoms with Crippen molar-refractivity contribution in [3.05, 3.63) is 78.4 Å². The van der Waals surface area contributed by atoms with Gasteiger partial charge in [-0.05, 0) is 49.4 Å². The number of imidazole rings is 1. The average molecular weight is 340 g/mol. The lowest BCUT2D eigenvalue weighted by molar-refractivity contribution is 0.620. The maximum atomic E-state index is 5.88. The first-order chi connectivity index (χ1) is 12.8. The zero-order chi connectivity index (χ0) is 17.5. The van der Waals surface area contributed by atoms with Crippen LogP contribution in [0.25, 0.3) is 33.6 Å². The molecule has 5 rings (SSSR count). The minimum absolute atomic E-state index is 0.616. The van der Waals surface area contributed by atoms with Crippen molar-refractivity contribution in [1.29, 1.82) is 0 Å². The van der Waals surface area contributed by atoms with E-state index in [9.17, 15) is 0 Å². The number of rotatable bonds is 3. The lowest BCUT2D eigenvalue weighted by Gasteiger charge is -2.06. The largest absolute Gasteiger partial charge is 0.436 e. The van der Waals surface area contributed by atoms with Crippen molar-refractivity contribution in [2.75, 3.05) is 0 Å². The highest BCUT2D eigenvalue weighted by molar-refractivity contribution is 5.83. The lowest BCUT2D eigenvalue weighted by Crippen LogP contribution is -2.03. The average Bonchev–Trinajstić information content (AvgIpc) is 3.23. The zero-order valence-corrected chi connectivity index (χ0v) is 14.3. The Kier molecular flexibility index (Phi) is 3.31. The topological polar surface area (TPSA) is 56.7 Å². The molecular weight excluding hydrogens is 324 g/mol. The second kappa shape index (κ2) is 5.81. The van der Waals surface area contributed by atoms with Crippen molar-refractivity contribution in [2.45, 2.75) is 13.5 Å². The van der Waals surface area contributed by atoms with Gasteiger partial charge in [0.15, 0.2) is 5.58 Å². The van der Waals surface area contributed by atoms with Gasteiger partial charge in [0.1, 0.15) is 11.3 Å². The maximum absolute atomic E-state index is 5.88. The summed E-state index contributed by atoms with van der Waals surface area (Å²) in [5, 5.41) is 0. The van der Waals surface area contributed by atoms with Crippen LogP contribution in [0.5, 0.6) is 0 Å². The first-order valence-corrected chi connectivity index (χ1v) is 8.51. The molecule has 0 aliphatic heterocycles. The van der Waals surface area contributed by atoms with Crippen molar-refractivity contribution >= 4 is 22.1 Å². The Balaban J connectivity index is 1.58. The Labute approximate surface area is 150 Å². The van der Waals surface area contributed by atoms with Gasteiger partial charge < -0.3 is 8.98 Å². The van der Waals surface area contributed by atoms with Gasteiger partial charge in [0.2, 0.25) is 5.89 Å². The van der Waals surface area contributed by atoms with Crippen LogP contribution in [-0.4, -0.2) is 19.5 Å². The molecule has 2 aromatic carbocycles. The molecule has 0 saturated heterocycles. The number of nitrogens with zero attached hydrogens (tertiary/aromatic N) is 4. The van der Waals surface area contributed by atoms with E-state index in [2.05, 4.69) is 20.6 Å². The van der Waals surface area contributed by atoms with Crippen LogP contribution in [-0.2, 0) is 6.54 Å². The van der Waals surface area contributed by atoms with Crippen LogP contribution >= 0.6 is 0 Å². The molecule has 0 fully saturated rings. The van der Waals surface area contributed by atoms with Crippen LogP contribution in [0.3, 0.4) is 0 Å². The van der Waals surface area contributed by atoms with Crippen LogP contribution in [0, 0.1) is 6.92 Å². The Morgan fingerprint density at radius 3 is 2.65 bits per heavy atom. The number of aromatic nitrogens is 4. The van der Waals surface area contributed by atoms with Gasteiger partial charge in [-0.15, -0.1) is 0 Å². The van der Waals surface area contributed by atoms with Crippen molar-refractivity contribution in [1.82, 2.24) is 19.5 Å². The fraction of sp³-hybridized carbons (Fsp3) is 0.0952. The molecule has 5 nitrogen and oxygen atoms in total. The quantitative estimate of drug-likeness (QED) is 0.482. The second-order valence-electron chi connectivity index (χ2n) is 6.26. The fourth-order valence-corrected chi connectivity index (χ4v) is 3.23. The Morgan fingerprint density at radius 1 is 0.923 bits per heavy atom. The Bertz CT molecular complexity index is 1190. The van der Waals surface area contributed by atoms with Gasteiger partial charge in [-0.25, -0.2) is 9.97 Å². The van der Waals surface area contributed by atoms with E-state index in [1.165, 1.54) is 0 Å². The van der Waals surface area contributed by atoms with E-state index in [1.807, 2.05) is 67.7 Å². The highest BCUT2D eigenvalue weighted by Crippen LogP contribution is 2.27. The first-order valence-electron chi connectivity index (χ1n) is 8.51. The van der Waals surface area contributed by atoms with E-state index in [0.717, 1.165) is 39.2 Å². The van der Waals surface area contributed by atoms with Gasteiger partial charge in [0.25, 0.3) is 0 Å². The van der Waals surface area contributed by atoms with E-state index < -0.39 is 0 Å². The standard InChI is InChI=1S/C21H16N4O/c1-14-23-18-12-15(21-24-17-7-2-3-8-20(17)26-21)9-10-19(18)25(14)13-16-6-4-5-11-22-16/h2-12H,13H2,1H3. The third-order valence-corrected chi connectivity index (χ3v) is 4.53. The fourth-order valence-electron chi connectivity index (χ4n) is 3.23. The third-order valence-electron chi connectivity index (χ3n) is 4.53. The number of para-hydroxylation sites is 2. The third kappa shape index (κ3) is 2.45. The molecule has 0 spiro atoms. The van der Waals surface area contributed by atoms with Gasteiger partial charge in [-0.1, -0.05) is 18.2 Å². The van der Waals surface area contributed by atoms with Crippen LogP contribution < -0.4 is 0 Å². The van der Waals surface area contributed by atoms with Crippen LogP contribution in [0.4, 0.5) is 0 Å². The van der Waals surface area contributed by atoms with Crippen molar-refractivity contribution < 1.29 is 4.42 Å². The minimum Gasteiger partial charge on any atom is -0.436 e. The SMILES string of the molecule is Cc1nc2cc(-c3nc4ccccc4o3)ccc2n1Cc1ccccn1. The number of pyridine rings is 1. The molecule has 126 valence electrons. The molecule has 5 aromatic rings. The van der Waals surface area contributed by atoms with Crippen molar-refractivity contribution in [3.63, 3.8) is 0 Å². The molecule has 0 aliphatic carbocycles. The smallest absolute Gasteiger partial charge is 0.227 e. The molecule has 0 amide bonds. The summed E-state index contributed by atoms with van der Waals surface area (Å²) in [7, 11) is 0. The monoisotopic (exact) mass is 340 g/mol. The summed E-state index contributed by atoms with van der Waals surface area (Å²) in [5.74, 6) is 1.57. The van der Waals surface area contributed by atoms with E-state index in [1.54, 1.807) is 0 Å². The number of benzene rings is 2. The van der Waals surface area contributed by atoms with Gasteiger partial charge in [0, 0.05) is 11.8 Å². The predicted molar refractivity (Wildman–Crippen MR) is 101 cm³/mol. The molecule has 0 aliphatic rings. The predicted octanol–water partition coefficient (Wildman–Crippen LogP) is 4.60. The number of hydrogen-bond donors (Lipinski definition) is 0. The maximum Gasteiger partial charge on any atom is 0.227 e. The molecular formula is C21H16N4O. The lowest BCUT2D eigenvalue weighted by atomic mass is 10.2. The van der Waals surface area contributed by atoms with E-state index in [0.29, 0.717) is 12.4 Å². The summed E-state index contributed by atoms with van der Waals surface area (Å²) in [6, 6.07) is 19.9. The first kappa shape index (κ1) is 14.8. The van der Waals surface area contributed by atoms with E-state index >= 15 is 0 Å². The number of fused-ring (bicyclic) bond motifs is 2. The molecule has 0 radical (unpaired) electrons. The van der Waals surface area contributed by atoms with Gasteiger partial charge in [-0.3, -0.25) is 4.98 Å². The number of hydrogen-bond acceptors (Lipinski definition) is 4.